The molecule has 0 spiro atoms. The van der Waals surface area contributed by atoms with Gasteiger partial charge in [0.2, 0.25) is 0 Å². The molecule has 22 heavy (non-hydrogen) atoms. The molecule has 0 aromatic carbocycles. The third kappa shape index (κ3) is 4.53. The quantitative estimate of drug-likeness (QED) is 0.925. The zero-order valence-corrected chi connectivity index (χ0v) is 15.3. The Balaban J connectivity index is 1.93. The van der Waals surface area contributed by atoms with E-state index in [1.165, 1.54) is 24.2 Å². The molecular weight excluding hydrogens is 294 g/mol. The zero-order chi connectivity index (χ0) is 16.3. The fraction of sp³-hybridized carbons (Fsp3) is 0.765. The number of likely N-dealkylation sites (tertiary alicyclic amines) is 1. The lowest BCUT2D eigenvalue weighted by atomic mass is 9.91. The van der Waals surface area contributed by atoms with Gasteiger partial charge in [0.1, 0.15) is 4.88 Å². The van der Waals surface area contributed by atoms with Crippen molar-refractivity contribution in [2.75, 3.05) is 19.6 Å². The van der Waals surface area contributed by atoms with Crippen molar-refractivity contribution in [3.05, 3.63) is 16.1 Å². The minimum absolute atomic E-state index is 0.0185. The molecule has 124 valence electrons. The summed E-state index contributed by atoms with van der Waals surface area (Å²) in [5.41, 5.74) is 2.57. The minimum atomic E-state index is -0.0990. The average Bonchev–Trinajstić information content (AvgIpc) is 2.87. The average molecular weight is 324 g/mol. The van der Waals surface area contributed by atoms with Crippen LogP contribution in [0, 0.1) is 5.92 Å². The Morgan fingerprint density at radius 1 is 1.55 bits per heavy atom. The van der Waals surface area contributed by atoms with E-state index in [1.807, 2.05) is 0 Å². The van der Waals surface area contributed by atoms with Gasteiger partial charge in [0.25, 0.3) is 5.91 Å². The highest BCUT2D eigenvalue weighted by molar-refractivity contribution is 7.11. The summed E-state index contributed by atoms with van der Waals surface area (Å²) >= 11 is 1.44. The summed E-state index contributed by atoms with van der Waals surface area (Å²) < 4.78 is 0. The summed E-state index contributed by atoms with van der Waals surface area (Å²) in [6, 6.07) is 0.160. The van der Waals surface area contributed by atoms with Gasteiger partial charge in [-0.15, -0.1) is 11.3 Å². The van der Waals surface area contributed by atoms with Crippen molar-refractivity contribution in [3.8, 4) is 0 Å². The van der Waals surface area contributed by atoms with Crippen LogP contribution in [-0.4, -0.2) is 41.5 Å². The van der Waals surface area contributed by atoms with E-state index in [0.717, 1.165) is 36.1 Å². The molecule has 4 nitrogen and oxygen atoms in total. The highest BCUT2D eigenvalue weighted by atomic mass is 32.1. The first-order valence-corrected chi connectivity index (χ1v) is 9.12. The van der Waals surface area contributed by atoms with Gasteiger partial charge in [-0.25, -0.2) is 4.98 Å². The number of hydrogen-bond acceptors (Lipinski definition) is 4. The van der Waals surface area contributed by atoms with Crippen molar-refractivity contribution in [2.24, 2.45) is 5.92 Å². The number of nitrogens with one attached hydrogen (secondary N) is 1. The number of thiazole rings is 1. The number of amides is 1. The molecule has 1 aromatic rings. The number of carbonyl (C=O) groups is 1. The van der Waals surface area contributed by atoms with Crippen LogP contribution in [-0.2, 0) is 5.41 Å². The molecule has 5 heteroatoms. The van der Waals surface area contributed by atoms with E-state index in [0.29, 0.717) is 0 Å². The van der Waals surface area contributed by atoms with E-state index in [9.17, 15) is 4.79 Å². The van der Waals surface area contributed by atoms with Crippen LogP contribution in [0.5, 0.6) is 0 Å². The predicted molar refractivity (Wildman–Crippen MR) is 92.6 cm³/mol. The topological polar surface area (TPSA) is 45.2 Å². The van der Waals surface area contributed by atoms with Crippen molar-refractivity contribution < 1.29 is 4.79 Å². The standard InChI is InChI=1S/C17H29N3OS/c1-12-7-6-8-20(9-12)10-13(2)19-16(21)14-15(17(3,4)5)18-11-22-14/h11-13H,6-10H2,1-5H3,(H,19,21)/t12-,13-/m0/s1. The van der Waals surface area contributed by atoms with Gasteiger partial charge < -0.3 is 10.2 Å². The van der Waals surface area contributed by atoms with Gasteiger partial charge in [-0.3, -0.25) is 4.79 Å². The molecule has 0 radical (unpaired) electrons. The van der Waals surface area contributed by atoms with E-state index in [1.54, 1.807) is 5.51 Å². The van der Waals surface area contributed by atoms with Crippen LogP contribution in [0.25, 0.3) is 0 Å². The van der Waals surface area contributed by atoms with Crippen LogP contribution in [0.2, 0.25) is 0 Å². The molecule has 2 heterocycles. The second kappa shape index (κ2) is 7.09. The zero-order valence-electron chi connectivity index (χ0n) is 14.5. The number of nitrogens with zero attached hydrogens (tertiary/aromatic N) is 2. The Morgan fingerprint density at radius 3 is 2.91 bits per heavy atom. The summed E-state index contributed by atoms with van der Waals surface area (Å²) in [4.78, 5) is 20.1. The van der Waals surface area contributed by atoms with Gasteiger partial charge in [-0.05, 0) is 32.2 Å². The smallest absolute Gasteiger partial charge is 0.263 e. The summed E-state index contributed by atoms with van der Waals surface area (Å²) in [6.45, 7) is 13.9. The van der Waals surface area contributed by atoms with Crippen molar-refractivity contribution in [1.29, 1.82) is 0 Å². The summed E-state index contributed by atoms with van der Waals surface area (Å²) in [5, 5.41) is 3.15. The van der Waals surface area contributed by atoms with Gasteiger partial charge in [0.05, 0.1) is 11.2 Å². The van der Waals surface area contributed by atoms with Crippen LogP contribution >= 0.6 is 11.3 Å². The largest absolute Gasteiger partial charge is 0.348 e. The summed E-state index contributed by atoms with van der Waals surface area (Å²) in [6.07, 6.45) is 2.60. The van der Waals surface area contributed by atoms with E-state index >= 15 is 0 Å². The van der Waals surface area contributed by atoms with E-state index in [2.05, 4.69) is 49.8 Å². The molecular formula is C17H29N3OS. The molecule has 0 bridgehead atoms. The molecule has 1 amide bonds. The Hall–Kier alpha value is -0.940. The number of aromatic nitrogens is 1. The van der Waals surface area contributed by atoms with Gasteiger partial charge in [-0.1, -0.05) is 27.7 Å². The maximum absolute atomic E-state index is 12.5. The molecule has 2 atom stereocenters. The van der Waals surface area contributed by atoms with Crippen LogP contribution in [0.1, 0.15) is 62.8 Å². The minimum Gasteiger partial charge on any atom is -0.348 e. The molecule has 1 fully saturated rings. The van der Waals surface area contributed by atoms with Crippen molar-refractivity contribution >= 4 is 17.2 Å². The molecule has 1 aliphatic rings. The number of piperidine rings is 1. The van der Waals surface area contributed by atoms with Gasteiger partial charge >= 0.3 is 0 Å². The molecule has 2 rings (SSSR count). The SMILES string of the molecule is C[C@H]1CCCN(C[C@H](C)NC(=O)c2scnc2C(C)(C)C)C1. The normalized spacial score (nSPS) is 21.6. The summed E-state index contributed by atoms with van der Waals surface area (Å²) in [7, 11) is 0. The van der Waals surface area contributed by atoms with Gasteiger partial charge in [0, 0.05) is 24.5 Å². The Morgan fingerprint density at radius 2 is 2.27 bits per heavy atom. The predicted octanol–water partition coefficient (Wildman–Crippen LogP) is 3.29. The molecule has 1 aromatic heterocycles. The highest BCUT2D eigenvalue weighted by Crippen LogP contribution is 2.27. The van der Waals surface area contributed by atoms with Crippen LogP contribution in [0.15, 0.2) is 5.51 Å². The maximum Gasteiger partial charge on any atom is 0.263 e. The van der Waals surface area contributed by atoms with Crippen molar-refractivity contribution in [3.63, 3.8) is 0 Å². The lowest BCUT2D eigenvalue weighted by Crippen LogP contribution is -2.45. The first-order chi connectivity index (χ1) is 10.3. The second-order valence-electron chi connectivity index (χ2n) is 7.66. The first-order valence-electron chi connectivity index (χ1n) is 8.24. The number of hydrogen-bond donors (Lipinski definition) is 1. The van der Waals surface area contributed by atoms with Gasteiger partial charge in [-0.2, -0.15) is 0 Å². The fourth-order valence-electron chi connectivity index (χ4n) is 3.12. The monoisotopic (exact) mass is 323 g/mol. The third-order valence-electron chi connectivity index (χ3n) is 4.13. The van der Waals surface area contributed by atoms with Crippen LogP contribution in [0.3, 0.4) is 0 Å². The van der Waals surface area contributed by atoms with Crippen LogP contribution in [0.4, 0.5) is 0 Å². The van der Waals surface area contributed by atoms with Crippen molar-refractivity contribution in [2.45, 2.75) is 58.9 Å². The number of rotatable bonds is 4. The fourth-order valence-corrected chi connectivity index (χ4v) is 4.02. The molecule has 1 aliphatic heterocycles. The first kappa shape index (κ1) is 17.4. The van der Waals surface area contributed by atoms with E-state index < -0.39 is 0 Å². The molecule has 1 N–H and O–H groups in total. The molecule has 0 saturated carbocycles. The lowest BCUT2D eigenvalue weighted by molar-refractivity contribution is 0.0921. The lowest BCUT2D eigenvalue weighted by Gasteiger charge is -2.32. The Kier molecular flexibility index (Phi) is 5.61. The maximum atomic E-state index is 12.5. The highest BCUT2D eigenvalue weighted by Gasteiger charge is 2.26. The second-order valence-corrected chi connectivity index (χ2v) is 8.52. The molecule has 0 unspecified atom stereocenters. The van der Waals surface area contributed by atoms with Crippen LogP contribution < -0.4 is 5.32 Å². The Labute approximate surface area is 138 Å². The third-order valence-corrected chi connectivity index (χ3v) is 4.96. The Bertz CT molecular complexity index is 506. The van der Waals surface area contributed by atoms with Gasteiger partial charge in [0.15, 0.2) is 0 Å². The van der Waals surface area contributed by atoms with Crippen molar-refractivity contribution in [1.82, 2.24) is 15.2 Å². The number of carbonyl (C=O) groups excluding carboxylic acids is 1. The van der Waals surface area contributed by atoms with E-state index in [-0.39, 0.29) is 17.4 Å². The molecule has 0 aliphatic carbocycles. The summed E-state index contributed by atoms with van der Waals surface area (Å²) in [5.74, 6) is 0.788. The van der Waals surface area contributed by atoms with E-state index in [4.69, 9.17) is 0 Å². The molecule has 1 saturated heterocycles.